The number of carbonyl (C=O) groups excluding carboxylic acids is 1. The molecule has 9 heteroatoms. The molecule has 2 aromatic carbocycles. The number of carbonyl (C=O) groups is 1. The predicted molar refractivity (Wildman–Crippen MR) is 126 cm³/mol. The van der Waals surface area contributed by atoms with E-state index in [-0.39, 0.29) is 24.2 Å². The SMILES string of the molecule is COc1ccc(-c2cn3nc(N4CCCC(C(=O)NCc5ccccc5F)C4)sc3n2)cc1. The minimum atomic E-state index is -0.303. The number of anilines is 1. The zero-order valence-corrected chi connectivity index (χ0v) is 19.0. The minimum absolute atomic E-state index is 0.0499. The Morgan fingerprint density at radius 2 is 2.06 bits per heavy atom. The van der Waals surface area contributed by atoms with Crippen LogP contribution in [0.4, 0.5) is 9.52 Å². The number of hydrogen-bond donors (Lipinski definition) is 1. The predicted octanol–water partition coefficient (Wildman–Crippen LogP) is 4.14. The van der Waals surface area contributed by atoms with Crippen molar-refractivity contribution in [2.24, 2.45) is 5.92 Å². The van der Waals surface area contributed by atoms with Crippen LogP contribution in [-0.2, 0) is 11.3 Å². The fraction of sp³-hybridized carbons (Fsp3) is 0.292. The summed E-state index contributed by atoms with van der Waals surface area (Å²) in [4.78, 5) is 20.4. The van der Waals surface area contributed by atoms with Gasteiger partial charge in [-0.1, -0.05) is 29.5 Å². The van der Waals surface area contributed by atoms with Gasteiger partial charge in [-0.25, -0.2) is 13.9 Å². The first-order valence-corrected chi connectivity index (χ1v) is 11.7. The van der Waals surface area contributed by atoms with Gasteiger partial charge in [0.25, 0.3) is 0 Å². The second-order valence-corrected chi connectivity index (χ2v) is 9.00. The number of benzene rings is 2. The van der Waals surface area contributed by atoms with Gasteiger partial charge in [0.2, 0.25) is 16.0 Å². The summed E-state index contributed by atoms with van der Waals surface area (Å²) in [5.41, 5.74) is 2.35. The van der Waals surface area contributed by atoms with Gasteiger partial charge in [-0.3, -0.25) is 4.79 Å². The molecule has 7 nitrogen and oxygen atoms in total. The molecule has 2 aromatic heterocycles. The van der Waals surface area contributed by atoms with Crippen LogP contribution in [-0.4, -0.2) is 40.7 Å². The lowest BCUT2D eigenvalue weighted by atomic mass is 9.97. The average molecular weight is 466 g/mol. The summed E-state index contributed by atoms with van der Waals surface area (Å²) in [5, 5.41) is 8.45. The fourth-order valence-electron chi connectivity index (χ4n) is 4.05. The van der Waals surface area contributed by atoms with E-state index in [0.29, 0.717) is 12.1 Å². The summed E-state index contributed by atoms with van der Waals surface area (Å²) < 4.78 is 20.8. The molecule has 0 aliphatic carbocycles. The Hall–Kier alpha value is -3.46. The first-order chi connectivity index (χ1) is 16.1. The van der Waals surface area contributed by atoms with E-state index in [1.165, 1.54) is 17.4 Å². The average Bonchev–Trinajstić information content (AvgIpc) is 3.43. The van der Waals surface area contributed by atoms with Crippen LogP contribution in [0.5, 0.6) is 5.75 Å². The molecule has 1 N–H and O–H groups in total. The lowest BCUT2D eigenvalue weighted by Crippen LogP contribution is -2.43. The summed E-state index contributed by atoms with van der Waals surface area (Å²) in [6.07, 6.45) is 3.63. The summed E-state index contributed by atoms with van der Waals surface area (Å²) >= 11 is 1.51. The highest BCUT2D eigenvalue weighted by Gasteiger charge is 2.28. The molecular formula is C24H24FN5O2S. The maximum absolute atomic E-state index is 13.8. The largest absolute Gasteiger partial charge is 0.497 e. The Bertz CT molecular complexity index is 1240. The van der Waals surface area contributed by atoms with Gasteiger partial charge in [-0.15, -0.1) is 5.10 Å². The topological polar surface area (TPSA) is 71.8 Å². The van der Waals surface area contributed by atoms with Crippen LogP contribution in [0.25, 0.3) is 16.2 Å². The quantitative estimate of drug-likeness (QED) is 0.464. The van der Waals surface area contributed by atoms with Crippen LogP contribution < -0.4 is 15.0 Å². The molecule has 1 amide bonds. The zero-order valence-electron chi connectivity index (χ0n) is 18.2. The number of nitrogens with zero attached hydrogens (tertiary/aromatic N) is 4. The molecule has 1 fully saturated rings. The molecular weight excluding hydrogens is 441 g/mol. The Kier molecular flexibility index (Phi) is 5.95. The van der Waals surface area contributed by atoms with E-state index in [1.807, 2.05) is 30.5 Å². The molecule has 5 rings (SSSR count). The number of halogens is 1. The van der Waals surface area contributed by atoms with E-state index >= 15 is 0 Å². The molecule has 1 aliphatic rings. The van der Waals surface area contributed by atoms with Crippen molar-refractivity contribution >= 4 is 27.3 Å². The molecule has 170 valence electrons. The van der Waals surface area contributed by atoms with Gasteiger partial charge in [0.15, 0.2) is 0 Å². The van der Waals surface area contributed by atoms with Crippen molar-refractivity contribution in [3.8, 4) is 17.0 Å². The number of aromatic nitrogens is 3. The maximum Gasteiger partial charge on any atom is 0.225 e. The van der Waals surface area contributed by atoms with Crippen molar-refractivity contribution in [3.05, 3.63) is 66.1 Å². The molecule has 1 atom stereocenters. The number of nitrogens with one attached hydrogen (secondary N) is 1. The number of fused-ring (bicyclic) bond motifs is 1. The van der Waals surface area contributed by atoms with Gasteiger partial charge in [-0.2, -0.15) is 0 Å². The number of rotatable bonds is 6. The highest BCUT2D eigenvalue weighted by atomic mass is 32.1. The zero-order chi connectivity index (χ0) is 22.8. The van der Waals surface area contributed by atoms with Crippen molar-refractivity contribution < 1.29 is 13.9 Å². The van der Waals surface area contributed by atoms with Crippen LogP contribution in [0.15, 0.2) is 54.7 Å². The number of imidazole rings is 1. The van der Waals surface area contributed by atoms with E-state index < -0.39 is 0 Å². The maximum atomic E-state index is 13.8. The fourth-order valence-corrected chi connectivity index (χ4v) is 4.97. The Balaban J connectivity index is 1.25. The normalized spacial score (nSPS) is 16.2. The van der Waals surface area contributed by atoms with E-state index in [0.717, 1.165) is 46.5 Å². The van der Waals surface area contributed by atoms with Gasteiger partial charge in [0.05, 0.1) is 24.9 Å². The molecule has 0 saturated carbocycles. The highest BCUT2D eigenvalue weighted by Crippen LogP contribution is 2.30. The standard InChI is InChI=1S/C24H24FN5O2S/c1-32-19-10-8-16(9-11-19)21-15-30-23(27-21)33-24(28-30)29-12-4-6-18(14-29)22(31)26-13-17-5-2-3-7-20(17)25/h2-3,5,7-11,15,18H,4,6,12-14H2,1H3,(H,26,31). The van der Waals surface area contributed by atoms with Crippen molar-refractivity contribution in [3.63, 3.8) is 0 Å². The van der Waals surface area contributed by atoms with Gasteiger partial charge >= 0.3 is 0 Å². The molecule has 33 heavy (non-hydrogen) atoms. The number of amides is 1. The summed E-state index contributed by atoms with van der Waals surface area (Å²) in [5.74, 6) is 0.295. The molecule has 4 aromatic rings. The van der Waals surface area contributed by atoms with Gasteiger partial charge in [-0.05, 0) is 43.2 Å². The van der Waals surface area contributed by atoms with Crippen molar-refractivity contribution in [1.82, 2.24) is 19.9 Å². The summed E-state index contributed by atoms with van der Waals surface area (Å²) in [6.45, 7) is 1.63. The summed E-state index contributed by atoms with van der Waals surface area (Å²) in [7, 11) is 1.64. The molecule has 0 radical (unpaired) electrons. The van der Waals surface area contributed by atoms with E-state index in [2.05, 4.69) is 10.2 Å². The van der Waals surface area contributed by atoms with Crippen molar-refractivity contribution in [2.75, 3.05) is 25.1 Å². The Morgan fingerprint density at radius 1 is 1.24 bits per heavy atom. The third-order valence-electron chi connectivity index (χ3n) is 5.89. The van der Waals surface area contributed by atoms with Crippen LogP contribution in [0, 0.1) is 11.7 Å². The van der Waals surface area contributed by atoms with Gasteiger partial charge < -0.3 is 15.0 Å². The summed E-state index contributed by atoms with van der Waals surface area (Å²) in [6, 6.07) is 14.3. The van der Waals surface area contributed by atoms with E-state index in [9.17, 15) is 9.18 Å². The van der Waals surface area contributed by atoms with E-state index in [4.69, 9.17) is 14.8 Å². The number of hydrogen-bond acceptors (Lipinski definition) is 6. The Morgan fingerprint density at radius 3 is 2.82 bits per heavy atom. The Labute approximate surface area is 194 Å². The lowest BCUT2D eigenvalue weighted by Gasteiger charge is -2.31. The number of piperidine rings is 1. The number of methoxy groups -OCH3 is 1. The van der Waals surface area contributed by atoms with Crippen molar-refractivity contribution in [2.45, 2.75) is 19.4 Å². The highest BCUT2D eigenvalue weighted by molar-refractivity contribution is 7.20. The monoisotopic (exact) mass is 465 g/mol. The molecule has 0 spiro atoms. The first-order valence-electron chi connectivity index (χ1n) is 10.9. The van der Waals surface area contributed by atoms with Gasteiger partial charge in [0.1, 0.15) is 11.6 Å². The van der Waals surface area contributed by atoms with Gasteiger partial charge in [0, 0.05) is 30.8 Å². The van der Waals surface area contributed by atoms with Crippen LogP contribution in [0.3, 0.4) is 0 Å². The van der Waals surface area contributed by atoms with Crippen LogP contribution >= 0.6 is 11.3 Å². The van der Waals surface area contributed by atoms with Crippen LogP contribution in [0.1, 0.15) is 18.4 Å². The molecule has 1 unspecified atom stereocenters. The third-order valence-corrected chi connectivity index (χ3v) is 6.88. The third kappa shape index (κ3) is 4.54. The smallest absolute Gasteiger partial charge is 0.225 e. The first kappa shape index (κ1) is 21.4. The molecule has 0 bridgehead atoms. The molecule has 1 saturated heterocycles. The van der Waals surface area contributed by atoms with E-state index in [1.54, 1.807) is 29.8 Å². The van der Waals surface area contributed by atoms with Crippen LogP contribution in [0.2, 0.25) is 0 Å². The second kappa shape index (κ2) is 9.19. The lowest BCUT2D eigenvalue weighted by molar-refractivity contribution is -0.125. The second-order valence-electron chi connectivity index (χ2n) is 8.06. The van der Waals surface area contributed by atoms with Crippen molar-refractivity contribution in [1.29, 1.82) is 0 Å². The molecule has 1 aliphatic heterocycles. The number of ether oxygens (including phenoxy) is 1. The molecule has 3 heterocycles. The minimum Gasteiger partial charge on any atom is -0.497 e.